The van der Waals surface area contributed by atoms with E-state index in [4.69, 9.17) is 4.98 Å². The molecule has 0 radical (unpaired) electrons. The molecule has 2 fully saturated rings. The van der Waals surface area contributed by atoms with Gasteiger partial charge in [0.05, 0.1) is 11.4 Å². The highest BCUT2D eigenvalue weighted by molar-refractivity contribution is 5.11. The first kappa shape index (κ1) is 13.1. The third-order valence-corrected chi connectivity index (χ3v) is 4.24. The smallest absolute Gasteiger partial charge is 0.0547 e. The summed E-state index contributed by atoms with van der Waals surface area (Å²) in [5, 5.41) is 3.53. The Bertz CT molecular complexity index is 410. The molecule has 0 amide bonds. The standard InChI is InChI=1S/C16H25N3/c1-19(11-13-4-2-5-13)12-16-7-3-6-15(18-16)10-17-14-8-9-14/h3,6-7,13-14,17H,2,4-5,8-12H2,1H3. The first-order valence-corrected chi connectivity index (χ1v) is 7.66. The average molecular weight is 259 g/mol. The lowest BCUT2D eigenvalue weighted by molar-refractivity contribution is 0.199. The second-order valence-corrected chi connectivity index (χ2v) is 6.27. The molecule has 2 aliphatic rings. The van der Waals surface area contributed by atoms with Crippen molar-refractivity contribution in [2.24, 2.45) is 5.92 Å². The summed E-state index contributed by atoms with van der Waals surface area (Å²) in [6.45, 7) is 3.13. The van der Waals surface area contributed by atoms with Gasteiger partial charge in [-0.3, -0.25) is 4.98 Å². The third-order valence-electron chi connectivity index (χ3n) is 4.24. The maximum Gasteiger partial charge on any atom is 0.0547 e. The molecule has 2 aliphatic carbocycles. The normalized spacial score (nSPS) is 19.7. The zero-order valence-electron chi connectivity index (χ0n) is 11.9. The predicted octanol–water partition coefficient (Wildman–Crippen LogP) is 2.57. The van der Waals surface area contributed by atoms with Gasteiger partial charge in [-0.1, -0.05) is 12.5 Å². The number of hydrogen-bond acceptors (Lipinski definition) is 3. The fourth-order valence-electron chi connectivity index (χ4n) is 2.71. The molecule has 0 aliphatic heterocycles. The van der Waals surface area contributed by atoms with Gasteiger partial charge in [0.1, 0.15) is 0 Å². The highest BCUT2D eigenvalue weighted by Crippen LogP contribution is 2.27. The van der Waals surface area contributed by atoms with Gasteiger partial charge >= 0.3 is 0 Å². The second kappa shape index (κ2) is 6.02. The summed E-state index contributed by atoms with van der Waals surface area (Å²) in [6, 6.07) is 7.18. The molecule has 0 spiro atoms. The van der Waals surface area contributed by atoms with Crippen molar-refractivity contribution in [1.29, 1.82) is 0 Å². The Labute approximate surface area is 116 Å². The van der Waals surface area contributed by atoms with Crippen LogP contribution in [-0.4, -0.2) is 29.5 Å². The molecular weight excluding hydrogens is 234 g/mol. The van der Waals surface area contributed by atoms with Gasteiger partial charge in [0.15, 0.2) is 0 Å². The molecule has 3 nitrogen and oxygen atoms in total. The molecule has 19 heavy (non-hydrogen) atoms. The molecule has 0 atom stereocenters. The van der Waals surface area contributed by atoms with E-state index >= 15 is 0 Å². The number of pyridine rings is 1. The van der Waals surface area contributed by atoms with Gasteiger partial charge in [-0.05, 0) is 50.8 Å². The van der Waals surface area contributed by atoms with E-state index in [1.54, 1.807) is 0 Å². The van der Waals surface area contributed by atoms with E-state index < -0.39 is 0 Å². The molecule has 1 aromatic rings. The van der Waals surface area contributed by atoms with Gasteiger partial charge in [-0.2, -0.15) is 0 Å². The van der Waals surface area contributed by atoms with Crippen LogP contribution in [0.4, 0.5) is 0 Å². The minimum Gasteiger partial charge on any atom is -0.308 e. The Morgan fingerprint density at radius 2 is 2.00 bits per heavy atom. The second-order valence-electron chi connectivity index (χ2n) is 6.27. The third kappa shape index (κ3) is 4.02. The fraction of sp³-hybridized carbons (Fsp3) is 0.688. The molecule has 0 saturated heterocycles. The predicted molar refractivity (Wildman–Crippen MR) is 77.8 cm³/mol. The number of aromatic nitrogens is 1. The Morgan fingerprint density at radius 1 is 1.21 bits per heavy atom. The summed E-state index contributed by atoms with van der Waals surface area (Å²) in [6.07, 6.45) is 6.94. The van der Waals surface area contributed by atoms with Crippen molar-refractivity contribution in [3.63, 3.8) is 0 Å². The fourth-order valence-corrected chi connectivity index (χ4v) is 2.71. The Balaban J connectivity index is 1.49. The lowest BCUT2D eigenvalue weighted by Crippen LogP contribution is -2.29. The molecule has 0 aromatic carbocycles. The van der Waals surface area contributed by atoms with E-state index in [2.05, 4.69) is 35.5 Å². The molecule has 0 unspecified atom stereocenters. The van der Waals surface area contributed by atoms with Crippen molar-refractivity contribution < 1.29 is 0 Å². The van der Waals surface area contributed by atoms with Crippen molar-refractivity contribution in [2.75, 3.05) is 13.6 Å². The summed E-state index contributed by atoms with van der Waals surface area (Å²) in [7, 11) is 2.22. The average Bonchev–Trinajstić information content (AvgIpc) is 3.16. The van der Waals surface area contributed by atoms with Crippen molar-refractivity contribution in [1.82, 2.24) is 15.2 Å². The number of nitrogens with zero attached hydrogens (tertiary/aromatic N) is 2. The maximum atomic E-state index is 4.76. The van der Waals surface area contributed by atoms with Crippen LogP contribution in [0.2, 0.25) is 0 Å². The van der Waals surface area contributed by atoms with Gasteiger partial charge in [0.2, 0.25) is 0 Å². The number of nitrogens with one attached hydrogen (secondary N) is 1. The lowest BCUT2D eigenvalue weighted by Gasteiger charge is -2.30. The van der Waals surface area contributed by atoms with Crippen molar-refractivity contribution >= 4 is 0 Å². The summed E-state index contributed by atoms with van der Waals surface area (Å²) in [5.41, 5.74) is 2.39. The molecule has 1 N–H and O–H groups in total. The van der Waals surface area contributed by atoms with Crippen LogP contribution in [-0.2, 0) is 13.1 Å². The van der Waals surface area contributed by atoms with Crippen LogP contribution in [0, 0.1) is 5.92 Å². The van der Waals surface area contributed by atoms with E-state index in [1.807, 2.05) is 0 Å². The minimum atomic E-state index is 0.756. The summed E-state index contributed by atoms with van der Waals surface area (Å²) >= 11 is 0. The highest BCUT2D eigenvalue weighted by atomic mass is 15.1. The topological polar surface area (TPSA) is 28.2 Å². The van der Waals surface area contributed by atoms with Gasteiger partial charge in [0, 0.05) is 25.7 Å². The van der Waals surface area contributed by atoms with Gasteiger partial charge < -0.3 is 10.2 Å². The summed E-state index contributed by atoms with van der Waals surface area (Å²) < 4.78 is 0. The Hall–Kier alpha value is -0.930. The van der Waals surface area contributed by atoms with Gasteiger partial charge in [-0.25, -0.2) is 0 Å². The van der Waals surface area contributed by atoms with Gasteiger partial charge in [0.25, 0.3) is 0 Å². The zero-order chi connectivity index (χ0) is 13.1. The number of rotatable bonds is 7. The molecule has 0 bridgehead atoms. The summed E-state index contributed by atoms with van der Waals surface area (Å²) in [4.78, 5) is 7.18. The van der Waals surface area contributed by atoms with Crippen LogP contribution >= 0.6 is 0 Å². The molecule has 2 saturated carbocycles. The van der Waals surface area contributed by atoms with Crippen molar-refractivity contribution in [3.05, 3.63) is 29.6 Å². The van der Waals surface area contributed by atoms with Crippen LogP contribution in [0.15, 0.2) is 18.2 Å². The van der Waals surface area contributed by atoms with Crippen LogP contribution in [0.25, 0.3) is 0 Å². The Kier molecular flexibility index (Phi) is 4.14. The summed E-state index contributed by atoms with van der Waals surface area (Å²) in [5.74, 6) is 0.935. The SMILES string of the molecule is CN(Cc1cccc(CNC2CC2)n1)CC1CCC1. The molecule has 1 heterocycles. The van der Waals surface area contributed by atoms with Gasteiger partial charge in [-0.15, -0.1) is 0 Å². The van der Waals surface area contributed by atoms with E-state index in [9.17, 15) is 0 Å². The van der Waals surface area contributed by atoms with Crippen LogP contribution in [0.3, 0.4) is 0 Å². The lowest BCUT2D eigenvalue weighted by atomic mass is 9.85. The quantitative estimate of drug-likeness (QED) is 0.815. The largest absolute Gasteiger partial charge is 0.308 e. The maximum absolute atomic E-state index is 4.76. The molecule has 3 heteroatoms. The zero-order valence-corrected chi connectivity index (χ0v) is 11.9. The molecule has 1 aromatic heterocycles. The molecular formula is C16H25N3. The number of hydrogen-bond donors (Lipinski definition) is 1. The van der Waals surface area contributed by atoms with Crippen LogP contribution in [0.1, 0.15) is 43.5 Å². The monoisotopic (exact) mass is 259 g/mol. The first-order valence-electron chi connectivity index (χ1n) is 7.66. The van der Waals surface area contributed by atoms with E-state index in [-0.39, 0.29) is 0 Å². The minimum absolute atomic E-state index is 0.756. The first-order chi connectivity index (χ1) is 9.29. The molecule has 104 valence electrons. The van der Waals surface area contributed by atoms with E-state index in [0.717, 1.165) is 25.0 Å². The van der Waals surface area contributed by atoms with Crippen molar-refractivity contribution in [2.45, 2.75) is 51.2 Å². The Morgan fingerprint density at radius 3 is 2.68 bits per heavy atom. The molecule has 3 rings (SSSR count). The van der Waals surface area contributed by atoms with Crippen molar-refractivity contribution in [3.8, 4) is 0 Å². The van der Waals surface area contributed by atoms with E-state index in [0.29, 0.717) is 0 Å². The highest BCUT2D eigenvalue weighted by Gasteiger charge is 2.20. The van der Waals surface area contributed by atoms with E-state index in [1.165, 1.54) is 50.0 Å². The van der Waals surface area contributed by atoms with Crippen LogP contribution < -0.4 is 5.32 Å². The van der Waals surface area contributed by atoms with Crippen LogP contribution in [0.5, 0.6) is 0 Å².